The molecule has 2 heterocycles. The van der Waals surface area contributed by atoms with Crippen LogP contribution in [-0.2, 0) is 11.8 Å². The molecule has 0 aliphatic heterocycles. The lowest BCUT2D eigenvalue weighted by Gasteiger charge is -2.34. The SMILES string of the molecule is CC1(C)c2ccccc2-c2ccc(-c3nc(-c4ccccc4)nc(-c4cccc(-c5cccc6oc7c(c56)C=C(C5=CC=C6c8ccccc8-c8ccccc8C6C5)CC7)c4)n3)cc21. The van der Waals surface area contributed by atoms with Crippen LogP contribution in [0.25, 0.3) is 90.2 Å². The molecule has 1 unspecified atom stereocenters. The third-order valence-corrected chi connectivity index (χ3v) is 14.3. The van der Waals surface area contributed by atoms with Gasteiger partial charge in [-0.2, -0.15) is 0 Å². The Balaban J connectivity index is 0.896. The second-order valence-corrected chi connectivity index (χ2v) is 18.2. The summed E-state index contributed by atoms with van der Waals surface area (Å²) in [5.41, 5.74) is 22.0. The smallest absolute Gasteiger partial charge is 0.164 e. The molecule has 2 aromatic heterocycles. The van der Waals surface area contributed by atoms with Gasteiger partial charge in [-0.1, -0.05) is 172 Å². The van der Waals surface area contributed by atoms with Crippen LogP contribution in [0.5, 0.6) is 0 Å². The first-order valence-corrected chi connectivity index (χ1v) is 22.5. The number of aromatic nitrogens is 3. The van der Waals surface area contributed by atoms with E-state index >= 15 is 0 Å². The average Bonchev–Trinajstić information content (AvgIpc) is 3.85. The molecule has 0 N–H and O–H groups in total. The fraction of sp³-hybridized carbons (Fsp3) is 0.117. The Bertz CT molecular complexity index is 3510. The van der Waals surface area contributed by atoms with Gasteiger partial charge in [0.25, 0.3) is 0 Å². The maximum Gasteiger partial charge on any atom is 0.164 e. The van der Waals surface area contributed by atoms with Gasteiger partial charge in [0.2, 0.25) is 0 Å². The molecule has 1 atom stereocenters. The van der Waals surface area contributed by atoms with E-state index in [4.69, 9.17) is 19.4 Å². The molecule has 4 nitrogen and oxygen atoms in total. The van der Waals surface area contributed by atoms with Gasteiger partial charge in [0.1, 0.15) is 11.3 Å². The van der Waals surface area contributed by atoms with E-state index in [2.05, 4.69) is 178 Å². The van der Waals surface area contributed by atoms with Crippen molar-refractivity contribution in [3.63, 3.8) is 0 Å². The maximum absolute atomic E-state index is 6.66. The number of furan rings is 1. The van der Waals surface area contributed by atoms with Gasteiger partial charge >= 0.3 is 0 Å². The Morgan fingerprint density at radius 1 is 0.484 bits per heavy atom. The molecule has 0 spiro atoms. The molecule has 9 aromatic rings. The largest absolute Gasteiger partial charge is 0.460 e. The molecule has 4 aliphatic carbocycles. The topological polar surface area (TPSA) is 51.8 Å². The number of rotatable bonds is 5. The van der Waals surface area contributed by atoms with E-state index in [1.165, 1.54) is 66.8 Å². The first kappa shape index (κ1) is 36.9. The normalized spacial score (nSPS) is 16.3. The van der Waals surface area contributed by atoms with E-state index in [9.17, 15) is 0 Å². The highest BCUT2D eigenvalue weighted by atomic mass is 16.3. The van der Waals surface area contributed by atoms with Crippen molar-refractivity contribution in [2.24, 2.45) is 0 Å². The summed E-state index contributed by atoms with van der Waals surface area (Å²) in [4.78, 5) is 15.5. The van der Waals surface area contributed by atoms with E-state index in [1.807, 2.05) is 18.2 Å². The molecule has 0 saturated carbocycles. The lowest BCUT2D eigenvalue weighted by molar-refractivity contribution is 0.543. The lowest BCUT2D eigenvalue weighted by atomic mass is 9.70. The van der Waals surface area contributed by atoms with Gasteiger partial charge in [-0.05, 0) is 109 Å². The van der Waals surface area contributed by atoms with Crippen LogP contribution < -0.4 is 0 Å². The van der Waals surface area contributed by atoms with Gasteiger partial charge in [0.15, 0.2) is 17.5 Å². The predicted molar refractivity (Wildman–Crippen MR) is 261 cm³/mol. The standard InChI is InChI=1S/C60H43N3O/c1-60(2)52-24-11-10-22-48(52)49-30-27-41(35-53(49)60)59-62-57(36-14-4-3-5-15-36)61-58(63-59)40-17-12-16-39(32-40)42-23-13-25-55-56(42)51-34-38(28-31-54(51)64-55)37-26-29-47-45-20-7-6-18-43(45)44-19-8-9-21-46(44)50(47)33-37/h3-27,29-30,32,34-35,50H,28,31,33H2,1-2H3. The summed E-state index contributed by atoms with van der Waals surface area (Å²) in [5, 5.41) is 1.15. The summed E-state index contributed by atoms with van der Waals surface area (Å²) in [6.45, 7) is 4.62. The summed E-state index contributed by atoms with van der Waals surface area (Å²) < 4.78 is 6.66. The minimum absolute atomic E-state index is 0.139. The highest BCUT2D eigenvalue weighted by molar-refractivity contribution is 6.02. The van der Waals surface area contributed by atoms with Crippen LogP contribution in [0, 0.1) is 0 Å². The van der Waals surface area contributed by atoms with Crippen molar-refractivity contribution >= 4 is 22.6 Å². The third kappa shape index (κ3) is 5.72. The molecule has 0 amide bonds. The van der Waals surface area contributed by atoms with Gasteiger partial charge in [0, 0.05) is 45.4 Å². The predicted octanol–water partition coefficient (Wildman–Crippen LogP) is 15.1. The summed E-state index contributed by atoms with van der Waals surface area (Å²) in [6.07, 6.45) is 10.0. The Morgan fingerprint density at radius 3 is 1.97 bits per heavy atom. The molecule has 13 rings (SSSR count). The summed E-state index contributed by atoms with van der Waals surface area (Å²) in [5.74, 6) is 3.34. The molecule has 64 heavy (non-hydrogen) atoms. The van der Waals surface area contributed by atoms with Crippen LogP contribution in [-0.4, -0.2) is 15.0 Å². The van der Waals surface area contributed by atoms with Crippen molar-refractivity contribution in [2.75, 3.05) is 0 Å². The first-order chi connectivity index (χ1) is 31.5. The van der Waals surface area contributed by atoms with Crippen LogP contribution in [0.15, 0.2) is 192 Å². The molecule has 4 aliphatic rings. The zero-order chi connectivity index (χ0) is 42.5. The van der Waals surface area contributed by atoms with Crippen LogP contribution in [0.2, 0.25) is 0 Å². The maximum atomic E-state index is 6.66. The number of allylic oxidation sites excluding steroid dienone is 5. The van der Waals surface area contributed by atoms with Gasteiger partial charge in [-0.25, -0.2) is 15.0 Å². The van der Waals surface area contributed by atoms with E-state index in [-0.39, 0.29) is 5.41 Å². The molecule has 0 fully saturated rings. The van der Waals surface area contributed by atoms with Crippen molar-refractivity contribution < 1.29 is 4.42 Å². The zero-order valence-electron chi connectivity index (χ0n) is 35.8. The van der Waals surface area contributed by atoms with Crippen LogP contribution in [0.1, 0.15) is 66.2 Å². The van der Waals surface area contributed by atoms with Crippen LogP contribution in [0.3, 0.4) is 0 Å². The van der Waals surface area contributed by atoms with Crippen molar-refractivity contribution in [3.05, 3.63) is 221 Å². The van der Waals surface area contributed by atoms with Crippen molar-refractivity contribution in [1.29, 1.82) is 0 Å². The van der Waals surface area contributed by atoms with Gasteiger partial charge in [0.05, 0.1) is 0 Å². The number of fused-ring (bicyclic) bond motifs is 12. The highest BCUT2D eigenvalue weighted by Crippen LogP contribution is 2.53. The molecule has 0 radical (unpaired) electrons. The van der Waals surface area contributed by atoms with E-state index < -0.39 is 0 Å². The Labute approximate surface area is 373 Å². The highest BCUT2D eigenvalue weighted by Gasteiger charge is 2.36. The second-order valence-electron chi connectivity index (χ2n) is 18.2. The number of nitrogens with zero attached hydrogens (tertiary/aromatic N) is 3. The fourth-order valence-electron chi connectivity index (χ4n) is 11.1. The second kappa shape index (κ2) is 14.2. The summed E-state index contributed by atoms with van der Waals surface area (Å²) in [7, 11) is 0. The summed E-state index contributed by atoms with van der Waals surface area (Å²) in [6, 6.07) is 58.6. The number of aryl methyl sites for hydroxylation is 1. The molecule has 7 aromatic carbocycles. The fourth-order valence-corrected chi connectivity index (χ4v) is 11.1. The molecule has 0 saturated heterocycles. The number of hydrogen-bond acceptors (Lipinski definition) is 4. The van der Waals surface area contributed by atoms with Crippen molar-refractivity contribution in [2.45, 2.75) is 44.4 Å². The molecular weight excluding hydrogens is 779 g/mol. The molecule has 304 valence electrons. The monoisotopic (exact) mass is 821 g/mol. The van der Waals surface area contributed by atoms with E-state index in [0.29, 0.717) is 23.4 Å². The van der Waals surface area contributed by atoms with Crippen molar-refractivity contribution in [1.82, 2.24) is 15.0 Å². The molecular formula is C60H43N3O. The van der Waals surface area contributed by atoms with Gasteiger partial charge in [-0.15, -0.1) is 0 Å². The Morgan fingerprint density at radius 2 is 1.12 bits per heavy atom. The minimum atomic E-state index is -0.139. The van der Waals surface area contributed by atoms with Crippen LogP contribution in [0.4, 0.5) is 0 Å². The van der Waals surface area contributed by atoms with Crippen molar-refractivity contribution in [3.8, 4) is 67.5 Å². The zero-order valence-corrected chi connectivity index (χ0v) is 35.8. The van der Waals surface area contributed by atoms with Gasteiger partial charge < -0.3 is 4.42 Å². The van der Waals surface area contributed by atoms with Crippen LogP contribution >= 0.6 is 0 Å². The molecule has 4 heteroatoms. The van der Waals surface area contributed by atoms with Gasteiger partial charge in [-0.3, -0.25) is 0 Å². The summed E-state index contributed by atoms with van der Waals surface area (Å²) >= 11 is 0. The first-order valence-electron chi connectivity index (χ1n) is 22.5. The Hall–Kier alpha value is -7.69. The number of hydrogen-bond donors (Lipinski definition) is 0. The Kier molecular flexibility index (Phi) is 8.17. The number of benzene rings is 7. The minimum Gasteiger partial charge on any atom is -0.460 e. The molecule has 0 bridgehead atoms. The average molecular weight is 822 g/mol. The lowest BCUT2D eigenvalue weighted by Crippen LogP contribution is -2.15. The quantitative estimate of drug-likeness (QED) is 0.174. The van der Waals surface area contributed by atoms with E-state index in [1.54, 1.807) is 0 Å². The van der Waals surface area contributed by atoms with E-state index in [0.717, 1.165) is 63.8 Å². The third-order valence-electron chi connectivity index (χ3n) is 14.3.